The van der Waals surface area contributed by atoms with Crippen LogP contribution in [0.25, 0.3) is 11.0 Å². The summed E-state index contributed by atoms with van der Waals surface area (Å²) in [4.78, 5) is 32.0. The summed E-state index contributed by atoms with van der Waals surface area (Å²) in [6, 6.07) is 7.27. The average molecular weight is 345 g/mol. The number of rotatable bonds is 9. The summed E-state index contributed by atoms with van der Waals surface area (Å²) >= 11 is 0. The number of nitrogens with two attached hydrogens (primary N) is 1. The molecular weight excluding hydrogens is 322 g/mol. The number of amides is 2. The van der Waals surface area contributed by atoms with Crippen molar-refractivity contribution < 1.29 is 14.8 Å². The highest BCUT2D eigenvalue weighted by Gasteiger charge is 2.26. The second kappa shape index (κ2) is 9.05. The van der Waals surface area contributed by atoms with Crippen molar-refractivity contribution in [3.8, 4) is 0 Å². The van der Waals surface area contributed by atoms with Gasteiger partial charge < -0.3 is 0 Å². The number of unbranched alkanes of at least 4 members (excludes halogenated alkanes) is 2. The lowest BCUT2D eigenvalue weighted by atomic mass is 10.00. The molecule has 1 aromatic carbocycles. The highest BCUT2D eigenvalue weighted by atomic mass is 16.5. The number of aromatic nitrogens is 2. The van der Waals surface area contributed by atoms with E-state index in [2.05, 4.69) is 16.9 Å². The Morgan fingerprint density at radius 2 is 2.04 bits per heavy atom. The molecule has 0 aliphatic heterocycles. The van der Waals surface area contributed by atoms with E-state index in [1.165, 1.54) is 6.20 Å². The number of carbonyl (C=O) groups is 2. The summed E-state index contributed by atoms with van der Waals surface area (Å²) < 4.78 is 0. The SMILES string of the molecule is CCCCC[C@H](CN(O)C=O)C(=O)N(N)c1cnc2ccccc2n1. The van der Waals surface area contributed by atoms with Crippen molar-refractivity contribution in [2.24, 2.45) is 11.8 Å². The molecule has 2 aromatic rings. The molecule has 134 valence electrons. The Labute approximate surface area is 146 Å². The van der Waals surface area contributed by atoms with Crippen LogP contribution in [-0.4, -0.2) is 39.1 Å². The standard InChI is InChI=1S/C17H23N5O3/c1-2-3-4-7-13(11-21(25)12-23)17(24)22(18)16-10-19-14-8-5-6-9-15(14)20-16/h5-6,8-10,12-13,25H,2-4,7,11,18H2,1H3/t13-/m1/s1. The minimum absolute atomic E-state index is 0.110. The molecule has 8 heteroatoms. The molecule has 3 N–H and O–H groups in total. The summed E-state index contributed by atoms with van der Waals surface area (Å²) in [6.45, 7) is 1.95. The van der Waals surface area contributed by atoms with Crippen molar-refractivity contribution in [3.63, 3.8) is 0 Å². The van der Waals surface area contributed by atoms with E-state index in [1.807, 2.05) is 18.2 Å². The molecule has 0 spiro atoms. The highest BCUT2D eigenvalue weighted by molar-refractivity contribution is 5.94. The largest absolute Gasteiger partial charge is 0.286 e. The van der Waals surface area contributed by atoms with Gasteiger partial charge in [-0.2, -0.15) is 0 Å². The molecule has 0 bridgehead atoms. The van der Waals surface area contributed by atoms with E-state index in [4.69, 9.17) is 5.84 Å². The van der Waals surface area contributed by atoms with Gasteiger partial charge in [0, 0.05) is 0 Å². The first-order valence-corrected chi connectivity index (χ1v) is 8.28. The molecule has 8 nitrogen and oxygen atoms in total. The number of benzene rings is 1. The van der Waals surface area contributed by atoms with Crippen LogP contribution in [0.1, 0.15) is 32.6 Å². The lowest BCUT2D eigenvalue weighted by Crippen LogP contribution is -2.45. The van der Waals surface area contributed by atoms with Crippen molar-refractivity contribution in [1.29, 1.82) is 0 Å². The number of nitrogens with zero attached hydrogens (tertiary/aromatic N) is 4. The van der Waals surface area contributed by atoms with E-state index >= 15 is 0 Å². The fourth-order valence-electron chi connectivity index (χ4n) is 2.58. The highest BCUT2D eigenvalue weighted by Crippen LogP contribution is 2.18. The van der Waals surface area contributed by atoms with Crippen molar-refractivity contribution in [3.05, 3.63) is 30.5 Å². The molecule has 1 heterocycles. The van der Waals surface area contributed by atoms with E-state index < -0.39 is 11.8 Å². The maximum atomic E-state index is 12.7. The van der Waals surface area contributed by atoms with Gasteiger partial charge in [-0.1, -0.05) is 38.3 Å². The van der Waals surface area contributed by atoms with Crippen LogP contribution in [0.4, 0.5) is 5.82 Å². The normalized spacial score (nSPS) is 12.0. The third-order valence-corrected chi connectivity index (χ3v) is 3.95. The third-order valence-electron chi connectivity index (χ3n) is 3.95. The van der Waals surface area contributed by atoms with Gasteiger partial charge >= 0.3 is 0 Å². The van der Waals surface area contributed by atoms with Crippen LogP contribution in [0.2, 0.25) is 0 Å². The number of carbonyl (C=O) groups excluding carboxylic acids is 2. The van der Waals surface area contributed by atoms with Crippen molar-refractivity contribution in [2.45, 2.75) is 32.6 Å². The number of hydrogen-bond donors (Lipinski definition) is 2. The molecule has 0 fully saturated rings. The Hall–Kier alpha value is -2.58. The molecule has 25 heavy (non-hydrogen) atoms. The maximum Gasteiger partial charge on any atom is 0.247 e. The number of para-hydroxylation sites is 2. The van der Waals surface area contributed by atoms with Gasteiger partial charge in [-0.3, -0.25) is 19.8 Å². The number of anilines is 1. The minimum atomic E-state index is -0.611. The minimum Gasteiger partial charge on any atom is -0.286 e. The van der Waals surface area contributed by atoms with Crippen molar-refractivity contribution in [2.75, 3.05) is 11.6 Å². The van der Waals surface area contributed by atoms with Gasteiger partial charge in [-0.05, 0) is 18.6 Å². The monoisotopic (exact) mass is 345 g/mol. The fraction of sp³-hybridized carbons (Fsp3) is 0.412. The van der Waals surface area contributed by atoms with Crippen molar-refractivity contribution in [1.82, 2.24) is 15.0 Å². The van der Waals surface area contributed by atoms with E-state index in [-0.39, 0.29) is 18.8 Å². The Bertz CT molecular complexity index is 724. The van der Waals surface area contributed by atoms with E-state index in [1.54, 1.807) is 6.07 Å². The van der Waals surface area contributed by atoms with E-state index in [0.29, 0.717) is 22.5 Å². The number of hydrazine groups is 1. The molecule has 0 radical (unpaired) electrons. The van der Waals surface area contributed by atoms with Gasteiger partial charge in [-0.25, -0.2) is 20.9 Å². The summed E-state index contributed by atoms with van der Waals surface area (Å²) in [5.41, 5.74) is 1.33. The Morgan fingerprint density at radius 3 is 2.72 bits per heavy atom. The van der Waals surface area contributed by atoms with Gasteiger partial charge in [0.15, 0.2) is 5.82 Å². The summed E-state index contributed by atoms with van der Waals surface area (Å²) in [5.74, 6) is 5.14. The number of hydrogen-bond acceptors (Lipinski definition) is 6. The zero-order valence-electron chi connectivity index (χ0n) is 14.2. The smallest absolute Gasteiger partial charge is 0.247 e. The van der Waals surface area contributed by atoms with Gasteiger partial charge in [-0.15, -0.1) is 0 Å². The van der Waals surface area contributed by atoms with Crippen LogP contribution < -0.4 is 10.9 Å². The molecule has 2 amide bonds. The average Bonchev–Trinajstić information content (AvgIpc) is 2.65. The van der Waals surface area contributed by atoms with Crippen LogP contribution >= 0.6 is 0 Å². The van der Waals surface area contributed by atoms with Crippen LogP contribution in [0, 0.1) is 5.92 Å². The van der Waals surface area contributed by atoms with E-state index in [9.17, 15) is 14.8 Å². The molecule has 1 aromatic heterocycles. The van der Waals surface area contributed by atoms with Gasteiger partial charge in [0.2, 0.25) is 12.3 Å². The summed E-state index contributed by atoms with van der Waals surface area (Å²) in [6.07, 6.45) is 4.98. The molecule has 0 aliphatic carbocycles. The van der Waals surface area contributed by atoms with Gasteiger partial charge in [0.25, 0.3) is 0 Å². The van der Waals surface area contributed by atoms with Crippen LogP contribution in [0.5, 0.6) is 0 Å². The summed E-state index contributed by atoms with van der Waals surface area (Å²) in [5, 5.41) is 10.9. The Balaban J connectivity index is 2.17. The van der Waals surface area contributed by atoms with Crippen LogP contribution in [-0.2, 0) is 9.59 Å². The number of hydroxylamine groups is 2. The van der Waals surface area contributed by atoms with Crippen LogP contribution in [0.3, 0.4) is 0 Å². The lowest BCUT2D eigenvalue weighted by molar-refractivity contribution is -0.154. The molecule has 1 atom stereocenters. The van der Waals surface area contributed by atoms with E-state index in [0.717, 1.165) is 24.3 Å². The second-order valence-electron chi connectivity index (χ2n) is 5.85. The molecule has 0 saturated carbocycles. The molecule has 2 rings (SSSR count). The quantitative estimate of drug-likeness (QED) is 0.179. The Morgan fingerprint density at radius 1 is 1.32 bits per heavy atom. The van der Waals surface area contributed by atoms with Crippen molar-refractivity contribution >= 4 is 29.2 Å². The number of fused-ring (bicyclic) bond motifs is 1. The molecule has 0 unspecified atom stereocenters. The zero-order chi connectivity index (χ0) is 18.2. The fourth-order valence-corrected chi connectivity index (χ4v) is 2.58. The zero-order valence-corrected chi connectivity index (χ0v) is 14.2. The third kappa shape index (κ3) is 4.94. The molecule has 0 aliphatic rings. The van der Waals surface area contributed by atoms with Gasteiger partial charge in [0.1, 0.15) is 0 Å². The van der Waals surface area contributed by atoms with Crippen LogP contribution in [0.15, 0.2) is 30.5 Å². The first-order chi connectivity index (χ1) is 12.1. The predicted molar refractivity (Wildman–Crippen MR) is 93.4 cm³/mol. The first-order valence-electron chi connectivity index (χ1n) is 8.28. The predicted octanol–water partition coefficient (Wildman–Crippen LogP) is 1.88. The maximum absolute atomic E-state index is 12.7. The second-order valence-corrected chi connectivity index (χ2v) is 5.85. The van der Waals surface area contributed by atoms with Gasteiger partial charge in [0.05, 0.1) is 29.7 Å². The lowest BCUT2D eigenvalue weighted by Gasteiger charge is -2.24. The first kappa shape index (κ1) is 18.8. The Kier molecular flexibility index (Phi) is 6.79. The topological polar surface area (TPSA) is 113 Å². The summed E-state index contributed by atoms with van der Waals surface area (Å²) in [7, 11) is 0. The molecular formula is C17H23N5O3. The molecule has 0 saturated heterocycles.